The Balaban J connectivity index is 1.60. The summed E-state index contributed by atoms with van der Waals surface area (Å²) in [6.45, 7) is 5.88. The van der Waals surface area contributed by atoms with Crippen molar-refractivity contribution in [2.45, 2.75) is 19.4 Å². The van der Waals surface area contributed by atoms with Gasteiger partial charge in [-0.1, -0.05) is 34.1 Å². The summed E-state index contributed by atoms with van der Waals surface area (Å²) in [5, 5.41) is 8.94. The second-order valence-electron chi connectivity index (χ2n) is 7.39. The molecule has 1 aliphatic rings. The lowest BCUT2D eigenvalue weighted by Gasteiger charge is -2.34. The van der Waals surface area contributed by atoms with Gasteiger partial charge in [0.25, 0.3) is 5.91 Å². The van der Waals surface area contributed by atoms with E-state index in [1.807, 2.05) is 41.3 Å². The number of carbonyl (C=O) groups excluding carboxylic acids is 2. The van der Waals surface area contributed by atoms with Gasteiger partial charge in [-0.2, -0.15) is 5.26 Å². The third-order valence-corrected chi connectivity index (χ3v) is 5.87. The van der Waals surface area contributed by atoms with Crippen LogP contribution in [0.4, 0.5) is 0 Å². The minimum Gasteiger partial charge on any atom is -0.339 e. The monoisotopic (exact) mass is 465 g/mol. The molecule has 30 heavy (non-hydrogen) atoms. The van der Waals surface area contributed by atoms with E-state index in [-0.39, 0.29) is 17.7 Å². The maximum Gasteiger partial charge on any atom is 0.253 e. The second-order valence-corrected chi connectivity index (χ2v) is 8.31. The molecule has 3 rings (SSSR count). The lowest BCUT2D eigenvalue weighted by atomic mass is 9.94. The quantitative estimate of drug-likeness (QED) is 0.594. The van der Waals surface area contributed by atoms with Crippen molar-refractivity contribution in [3.63, 3.8) is 0 Å². The van der Waals surface area contributed by atoms with E-state index in [9.17, 15) is 9.59 Å². The van der Waals surface area contributed by atoms with Crippen LogP contribution >= 0.6 is 15.9 Å². The Kier molecular flexibility index (Phi) is 7.42. The summed E-state index contributed by atoms with van der Waals surface area (Å²) in [6, 6.07) is 16.7. The molecular weight excluding hydrogens is 442 g/mol. The fraction of sp³-hybridized carbons (Fsp3) is 0.292. The molecule has 0 atom stereocenters. The van der Waals surface area contributed by atoms with Crippen LogP contribution in [-0.4, -0.2) is 41.2 Å². The first-order valence-corrected chi connectivity index (χ1v) is 10.7. The van der Waals surface area contributed by atoms with E-state index in [4.69, 9.17) is 5.26 Å². The van der Waals surface area contributed by atoms with Gasteiger partial charge in [0.05, 0.1) is 11.6 Å². The molecule has 154 valence electrons. The lowest BCUT2D eigenvalue weighted by Crippen LogP contribution is -2.44. The predicted molar refractivity (Wildman–Crippen MR) is 120 cm³/mol. The van der Waals surface area contributed by atoms with E-state index in [1.54, 1.807) is 23.1 Å². The minimum absolute atomic E-state index is 0.00827. The smallest absolute Gasteiger partial charge is 0.253 e. The van der Waals surface area contributed by atoms with E-state index in [0.29, 0.717) is 50.1 Å². The summed E-state index contributed by atoms with van der Waals surface area (Å²) in [5.41, 5.74) is 2.24. The topological polar surface area (TPSA) is 64.4 Å². The molecule has 6 heteroatoms. The second kappa shape index (κ2) is 10.2. The average Bonchev–Trinajstić information content (AvgIpc) is 2.79. The SMILES string of the molecule is C=CCN(Cc1ccc(C#N)cc1)C(=O)C1CCN(C(=O)c2ccc(Br)cc2)CC1. The van der Waals surface area contributed by atoms with Crippen LogP contribution in [-0.2, 0) is 11.3 Å². The van der Waals surface area contributed by atoms with Gasteiger partial charge in [0.1, 0.15) is 0 Å². The molecule has 1 heterocycles. The highest BCUT2D eigenvalue weighted by Gasteiger charge is 2.30. The van der Waals surface area contributed by atoms with Gasteiger partial charge in [0.15, 0.2) is 0 Å². The molecule has 5 nitrogen and oxygen atoms in total. The Morgan fingerprint density at radius 2 is 1.77 bits per heavy atom. The molecule has 0 N–H and O–H groups in total. The fourth-order valence-corrected chi connectivity index (χ4v) is 3.92. The minimum atomic E-state index is -0.0997. The Morgan fingerprint density at radius 3 is 2.33 bits per heavy atom. The number of hydrogen-bond acceptors (Lipinski definition) is 3. The number of nitrogens with zero attached hydrogens (tertiary/aromatic N) is 3. The summed E-state index contributed by atoms with van der Waals surface area (Å²) in [5.74, 6) is 0.00114. The van der Waals surface area contributed by atoms with Crippen LogP contribution in [0.5, 0.6) is 0 Å². The third kappa shape index (κ3) is 5.37. The molecule has 1 aliphatic heterocycles. The Labute approximate surface area is 185 Å². The van der Waals surface area contributed by atoms with Crippen molar-refractivity contribution in [1.82, 2.24) is 9.80 Å². The fourth-order valence-electron chi connectivity index (χ4n) is 3.66. The molecule has 2 amide bonds. The molecule has 0 radical (unpaired) electrons. The Bertz CT molecular complexity index is 940. The van der Waals surface area contributed by atoms with Gasteiger partial charge < -0.3 is 9.80 Å². The maximum absolute atomic E-state index is 13.1. The van der Waals surface area contributed by atoms with Crippen LogP contribution in [0.2, 0.25) is 0 Å². The molecule has 0 spiro atoms. The van der Waals surface area contributed by atoms with Crippen LogP contribution in [0, 0.1) is 17.2 Å². The largest absolute Gasteiger partial charge is 0.339 e. The molecule has 0 aromatic heterocycles. The molecule has 1 saturated heterocycles. The molecule has 0 bridgehead atoms. The van der Waals surface area contributed by atoms with Crippen LogP contribution in [0.3, 0.4) is 0 Å². The Morgan fingerprint density at radius 1 is 1.13 bits per heavy atom. The van der Waals surface area contributed by atoms with Crippen LogP contribution in [0.1, 0.15) is 34.3 Å². The summed E-state index contributed by atoms with van der Waals surface area (Å²) >= 11 is 3.38. The normalized spacial score (nSPS) is 14.1. The zero-order valence-corrected chi connectivity index (χ0v) is 18.3. The number of benzene rings is 2. The van der Waals surface area contributed by atoms with E-state index < -0.39 is 0 Å². The number of rotatable bonds is 6. The first-order chi connectivity index (χ1) is 14.5. The number of halogens is 1. The summed E-state index contributed by atoms with van der Waals surface area (Å²) < 4.78 is 0.938. The van der Waals surface area contributed by atoms with Crippen molar-refractivity contribution in [3.8, 4) is 6.07 Å². The van der Waals surface area contributed by atoms with E-state index in [0.717, 1.165) is 10.0 Å². The van der Waals surface area contributed by atoms with Crippen LogP contribution < -0.4 is 0 Å². The van der Waals surface area contributed by atoms with Crippen molar-refractivity contribution >= 4 is 27.7 Å². The number of amides is 2. The van der Waals surface area contributed by atoms with E-state index >= 15 is 0 Å². The highest BCUT2D eigenvalue weighted by atomic mass is 79.9. The van der Waals surface area contributed by atoms with Gasteiger partial charge in [0.2, 0.25) is 5.91 Å². The van der Waals surface area contributed by atoms with Gasteiger partial charge in [-0.05, 0) is 54.8 Å². The third-order valence-electron chi connectivity index (χ3n) is 5.34. The van der Waals surface area contributed by atoms with E-state index in [2.05, 4.69) is 28.6 Å². The molecule has 2 aromatic carbocycles. The van der Waals surface area contributed by atoms with Gasteiger partial charge in [0, 0.05) is 42.1 Å². The van der Waals surface area contributed by atoms with Gasteiger partial charge in [-0.25, -0.2) is 0 Å². The lowest BCUT2D eigenvalue weighted by molar-refractivity contribution is -0.137. The van der Waals surface area contributed by atoms with Crippen molar-refractivity contribution in [1.29, 1.82) is 5.26 Å². The molecule has 0 unspecified atom stereocenters. The number of hydrogen-bond donors (Lipinski definition) is 0. The zero-order valence-electron chi connectivity index (χ0n) is 16.8. The number of piperidine rings is 1. The van der Waals surface area contributed by atoms with Crippen LogP contribution in [0.15, 0.2) is 65.7 Å². The van der Waals surface area contributed by atoms with Crippen molar-refractivity contribution < 1.29 is 9.59 Å². The number of carbonyl (C=O) groups is 2. The standard InChI is InChI=1S/C24H24BrN3O2/c1-2-13-28(17-19-5-3-18(16-26)4-6-19)24(30)21-11-14-27(15-12-21)23(29)20-7-9-22(25)10-8-20/h2-10,21H,1,11-15,17H2. The highest BCUT2D eigenvalue weighted by molar-refractivity contribution is 9.10. The average molecular weight is 466 g/mol. The van der Waals surface area contributed by atoms with Gasteiger partial charge in [-0.15, -0.1) is 6.58 Å². The first-order valence-electron chi connectivity index (χ1n) is 9.95. The first kappa shape index (κ1) is 21.8. The summed E-state index contributed by atoms with van der Waals surface area (Å²) in [6.07, 6.45) is 3.04. The number of likely N-dealkylation sites (tertiary alicyclic amines) is 1. The summed E-state index contributed by atoms with van der Waals surface area (Å²) in [7, 11) is 0. The van der Waals surface area contributed by atoms with Gasteiger partial charge in [-0.3, -0.25) is 9.59 Å². The van der Waals surface area contributed by atoms with Crippen LogP contribution in [0.25, 0.3) is 0 Å². The van der Waals surface area contributed by atoms with Gasteiger partial charge >= 0.3 is 0 Å². The molecule has 2 aromatic rings. The molecule has 0 aliphatic carbocycles. The van der Waals surface area contributed by atoms with Crippen molar-refractivity contribution in [3.05, 3.63) is 82.3 Å². The number of nitriles is 1. The molecule has 0 saturated carbocycles. The van der Waals surface area contributed by atoms with Crippen molar-refractivity contribution in [2.75, 3.05) is 19.6 Å². The Hall–Kier alpha value is -2.91. The predicted octanol–water partition coefficient (Wildman–Crippen LogP) is 4.39. The molecular formula is C24H24BrN3O2. The molecule has 1 fully saturated rings. The highest BCUT2D eigenvalue weighted by Crippen LogP contribution is 2.23. The van der Waals surface area contributed by atoms with E-state index in [1.165, 1.54) is 0 Å². The zero-order chi connectivity index (χ0) is 21.5. The summed E-state index contributed by atoms with van der Waals surface area (Å²) in [4.78, 5) is 29.4. The maximum atomic E-state index is 13.1. The van der Waals surface area contributed by atoms with Crippen molar-refractivity contribution in [2.24, 2.45) is 5.92 Å².